The van der Waals surface area contributed by atoms with Crippen LogP contribution >= 0.6 is 15.9 Å². The minimum Gasteiger partial charge on any atom is -0.496 e. The lowest BCUT2D eigenvalue weighted by Gasteiger charge is -2.08. The highest BCUT2D eigenvalue weighted by Gasteiger charge is 2.25. The fraction of sp³-hybridized carbons (Fsp3) is 0.200. The summed E-state index contributed by atoms with van der Waals surface area (Å²) in [6.07, 6.45) is 2.93. The Morgan fingerprint density at radius 3 is 2.90 bits per heavy atom. The van der Waals surface area contributed by atoms with E-state index in [2.05, 4.69) is 21.1 Å². The molecule has 2 aromatic rings. The van der Waals surface area contributed by atoms with Gasteiger partial charge in [0.2, 0.25) is 5.76 Å². The molecule has 0 N–H and O–H groups in total. The number of nitrogens with zero attached hydrogens (tertiary/aromatic N) is 1. The van der Waals surface area contributed by atoms with Crippen molar-refractivity contribution in [2.24, 2.45) is 5.16 Å². The zero-order chi connectivity index (χ0) is 14.8. The number of hydrogen-bond donors (Lipinski definition) is 0. The summed E-state index contributed by atoms with van der Waals surface area (Å²) in [6.45, 7) is 0. The van der Waals surface area contributed by atoms with Crippen molar-refractivity contribution in [3.63, 3.8) is 0 Å². The molecule has 108 valence electrons. The van der Waals surface area contributed by atoms with E-state index < -0.39 is 5.97 Å². The quantitative estimate of drug-likeness (QED) is 0.627. The number of carbonyl (C=O) groups is 1. The first-order valence-electron chi connectivity index (χ1n) is 6.38. The van der Waals surface area contributed by atoms with Crippen LogP contribution in [0.4, 0.5) is 0 Å². The number of benzene rings is 1. The van der Waals surface area contributed by atoms with Crippen molar-refractivity contribution in [3.05, 3.63) is 51.9 Å². The van der Waals surface area contributed by atoms with Crippen LogP contribution in [0.15, 0.2) is 44.6 Å². The van der Waals surface area contributed by atoms with E-state index in [0.717, 1.165) is 27.8 Å². The number of ether oxygens (including phenoxy) is 1. The number of oxime groups is 1. The molecule has 1 aromatic heterocycles. The highest BCUT2D eigenvalue weighted by Crippen LogP contribution is 2.36. The van der Waals surface area contributed by atoms with Crippen LogP contribution in [0, 0.1) is 0 Å². The molecule has 0 spiro atoms. The summed E-state index contributed by atoms with van der Waals surface area (Å²) < 4.78 is 11.3. The van der Waals surface area contributed by atoms with Gasteiger partial charge in [-0.05, 0) is 42.7 Å². The summed E-state index contributed by atoms with van der Waals surface area (Å²) >= 11 is 3.52. The Morgan fingerprint density at radius 2 is 2.19 bits per heavy atom. The predicted octanol–water partition coefficient (Wildman–Crippen LogP) is 3.56. The van der Waals surface area contributed by atoms with Crippen molar-refractivity contribution in [2.75, 3.05) is 7.11 Å². The van der Waals surface area contributed by atoms with E-state index in [1.807, 2.05) is 12.1 Å². The molecule has 6 heteroatoms. The van der Waals surface area contributed by atoms with Gasteiger partial charge in [0.1, 0.15) is 5.75 Å². The molecule has 1 aromatic carbocycles. The lowest BCUT2D eigenvalue weighted by Crippen LogP contribution is -2.04. The number of rotatable bonds is 3. The maximum Gasteiger partial charge on any atom is 0.400 e. The van der Waals surface area contributed by atoms with Crippen molar-refractivity contribution < 1.29 is 18.8 Å². The van der Waals surface area contributed by atoms with Crippen molar-refractivity contribution in [2.45, 2.75) is 12.8 Å². The van der Waals surface area contributed by atoms with Gasteiger partial charge in [0.25, 0.3) is 0 Å². The van der Waals surface area contributed by atoms with Gasteiger partial charge >= 0.3 is 5.97 Å². The third-order valence-corrected chi connectivity index (χ3v) is 4.04. The largest absolute Gasteiger partial charge is 0.496 e. The number of methoxy groups -OCH3 is 1. The molecule has 0 radical (unpaired) electrons. The summed E-state index contributed by atoms with van der Waals surface area (Å²) in [7, 11) is 1.61. The third kappa shape index (κ3) is 2.58. The second kappa shape index (κ2) is 5.73. The number of fused-ring (bicyclic) bond motifs is 1. The topological polar surface area (TPSA) is 61.0 Å². The van der Waals surface area contributed by atoms with Crippen molar-refractivity contribution in [3.8, 4) is 5.75 Å². The second-order valence-electron chi connectivity index (χ2n) is 4.50. The monoisotopic (exact) mass is 349 g/mol. The Morgan fingerprint density at radius 1 is 1.33 bits per heavy atom. The van der Waals surface area contributed by atoms with Gasteiger partial charge in [-0.25, -0.2) is 4.79 Å². The summed E-state index contributed by atoms with van der Waals surface area (Å²) in [4.78, 5) is 16.7. The van der Waals surface area contributed by atoms with Crippen LogP contribution in [0.5, 0.6) is 5.75 Å². The second-order valence-corrected chi connectivity index (χ2v) is 5.35. The predicted molar refractivity (Wildman–Crippen MR) is 79.7 cm³/mol. The first-order valence-corrected chi connectivity index (χ1v) is 7.17. The maximum absolute atomic E-state index is 11.7. The van der Waals surface area contributed by atoms with Crippen molar-refractivity contribution in [1.82, 2.24) is 0 Å². The lowest BCUT2D eigenvalue weighted by molar-refractivity contribution is 0.0479. The number of carbonyl (C=O) groups excluding carboxylic acids is 1. The van der Waals surface area contributed by atoms with Gasteiger partial charge in [0.05, 0.1) is 19.1 Å². The summed E-state index contributed by atoms with van der Waals surface area (Å²) in [5.74, 6) is 0.229. The smallest absolute Gasteiger partial charge is 0.400 e. The maximum atomic E-state index is 11.7. The van der Waals surface area contributed by atoms with E-state index in [9.17, 15) is 4.79 Å². The molecular formula is C15H12BrNO4. The molecule has 21 heavy (non-hydrogen) atoms. The molecule has 5 nitrogen and oxygen atoms in total. The van der Waals surface area contributed by atoms with Gasteiger partial charge in [-0.3, -0.25) is 0 Å². The first-order chi connectivity index (χ1) is 10.2. The highest BCUT2D eigenvalue weighted by molar-refractivity contribution is 9.10. The molecule has 0 bridgehead atoms. The standard InChI is InChI=1S/C15H12BrNO4/c1-19-12-7-5-10(16)9-4-6-11(14(9)12)17-21-15(18)13-3-2-8-20-13/h2-3,5,7-8H,4,6H2,1H3/b17-11-. The van der Waals surface area contributed by atoms with E-state index in [-0.39, 0.29) is 5.76 Å². The summed E-state index contributed by atoms with van der Waals surface area (Å²) in [6, 6.07) is 6.95. The van der Waals surface area contributed by atoms with E-state index in [1.165, 1.54) is 12.3 Å². The molecule has 1 heterocycles. The molecule has 0 amide bonds. The van der Waals surface area contributed by atoms with Crippen LogP contribution in [0.3, 0.4) is 0 Å². The van der Waals surface area contributed by atoms with Gasteiger partial charge < -0.3 is 14.0 Å². The number of hydrogen-bond acceptors (Lipinski definition) is 5. The molecule has 0 atom stereocenters. The molecule has 3 rings (SSSR count). The lowest BCUT2D eigenvalue weighted by atomic mass is 10.1. The summed E-state index contributed by atoms with van der Waals surface area (Å²) in [5, 5.41) is 3.98. The number of furan rings is 1. The van der Waals surface area contributed by atoms with E-state index in [0.29, 0.717) is 12.1 Å². The van der Waals surface area contributed by atoms with Crippen molar-refractivity contribution >= 4 is 27.6 Å². The zero-order valence-electron chi connectivity index (χ0n) is 11.3. The molecule has 0 unspecified atom stereocenters. The fourth-order valence-electron chi connectivity index (χ4n) is 2.33. The van der Waals surface area contributed by atoms with Crippen LogP contribution in [-0.2, 0) is 11.3 Å². The molecule has 0 fully saturated rings. The Bertz CT molecular complexity index is 707. The molecule has 0 aliphatic heterocycles. The zero-order valence-corrected chi connectivity index (χ0v) is 12.8. The van der Waals surface area contributed by atoms with Crippen LogP contribution in [0.1, 0.15) is 28.1 Å². The van der Waals surface area contributed by atoms with E-state index in [4.69, 9.17) is 14.0 Å². The molecule has 1 aliphatic rings. The average molecular weight is 350 g/mol. The normalized spacial score (nSPS) is 15.0. The van der Waals surface area contributed by atoms with E-state index in [1.54, 1.807) is 13.2 Å². The van der Waals surface area contributed by atoms with Crippen LogP contribution < -0.4 is 4.74 Å². The van der Waals surface area contributed by atoms with Crippen LogP contribution in [-0.4, -0.2) is 18.8 Å². The van der Waals surface area contributed by atoms with E-state index >= 15 is 0 Å². The van der Waals surface area contributed by atoms with Gasteiger partial charge in [0, 0.05) is 10.0 Å². The third-order valence-electron chi connectivity index (χ3n) is 3.30. The Labute approximate surface area is 129 Å². The fourth-order valence-corrected chi connectivity index (χ4v) is 2.86. The Balaban J connectivity index is 1.88. The van der Waals surface area contributed by atoms with Crippen LogP contribution in [0.25, 0.3) is 0 Å². The average Bonchev–Trinajstić information content (AvgIpc) is 3.15. The van der Waals surface area contributed by atoms with Gasteiger partial charge in [-0.1, -0.05) is 21.1 Å². The molecule has 0 saturated heterocycles. The first kappa shape index (κ1) is 13.9. The molecule has 0 saturated carbocycles. The molecular weight excluding hydrogens is 338 g/mol. The molecule has 1 aliphatic carbocycles. The Hall–Kier alpha value is -2.08. The number of halogens is 1. The van der Waals surface area contributed by atoms with Gasteiger partial charge in [0.15, 0.2) is 0 Å². The highest BCUT2D eigenvalue weighted by atomic mass is 79.9. The summed E-state index contributed by atoms with van der Waals surface area (Å²) in [5.41, 5.74) is 2.70. The minimum absolute atomic E-state index is 0.124. The SMILES string of the molecule is COc1ccc(Br)c2c1/C(=N\OC(=O)c1ccco1)CC2. The van der Waals surface area contributed by atoms with Crippen molar-refractivity contribution in [1.29, 1.82) is 0 Å². The minimum atomic E-state index is -0.616. The van der Waals surface area contributed by atoms with Gasteiger partial charge in [-0.15, -0.1) is 0 Å². The van der Waals surface area contributed by atoms with Gasteiger partial charge in [-0.2, -0.15) is 0 Å². The van der Waals surface area contributed by atoms with Crippen LogP contribution in [0.2, 0.25) is 0 Å². The Kier molecular flexibility index (Phi) is 3.79.